The van der Waals surface area contributed by atoms with Gasteiger partial charge in [-0.05, 0) is 37.9 Å². The van der Waals surface area contributed by atoms with Gasteiger partial charge in [-0.25, -0.2) is 4.98 Å². The van der Waals surface area contributed by atoms with Crippen LogP contribution < -0.4 is 5.32 Å². The van der Waals surface area contributed by atoms with E-state index in [1.807, 2.05) is 6.20 Å². The molecule has 0 radical (unpaired) electrons. The summed E-state index contributed by atoms with van der Waals surface area (Å²) in [5, 5.41) is 3.48. The molecular formula is C15H21N3. The van der Waals surface area contributed by atoms with Crippen molar-refractivity contribution in [3.8, 4) is 0 Å². The van der Waals surface area contributed by atoms with Crippen molar-refractivity contribution in [2.45, 2.75) is 33.2 Å². The second-order valence-corrected chi connectivity index (χ2v) is 4.75. The average molecular weight is 243 g/mol. The lowest BCUT2D eigenvalue weighted by atomic mass is 10.1. The van der Waals surface area contributed by atoms with Crippen LogP contribution in [0.1, 0.15) is 28.9 Å². The molecule has 0 aliphatic rings. The molecule has 1 aromatic carbocycles. The lowest BCUT2D eigenvalue weighted by Gasteiger charge is -2.08. The largest absolute Gasteiger partial charge is 0.349 e. The number of rotatable bonds is 6. The van der Waals surface area contributed by atoms with Crippen LogP contribution in [0.15, 0.2) is 30.6 Å². The van der Waals surface area contributed by atoms with Crippen molar-refractivity contribution in [1.82, 2.24) is 15.3 Å². The fourth-order valence-corrected chi connectivity index (χ4v) is 2.08. The molecule has 0 atom stereocenters. The summed E-state index contributed by atoms with van der Waals surface area (Å²) in [7, 11) is 0. The highest BCUT2D eigenvalue weighted by molar-refractivity contribution is 5.30. The Morgan fingerprint density at radius 3 is 2.89 bits per heavy atom. The van der Waals surface area contributed by atoms with Crippen LogP contribution in [0.4, 0.5) is 0 Å². The van der Waals surface area contributed by atoms with E-state index in [-0.39, 0.29) is 0 Å². The van der Waals surface area contributed by atoms with Gasteiger partial charge in [0.2, 0.25) is 0 Å². The topological polar surface area (TPSA) is 40.7 Å². The third kappa shape index (κ3) is 3.70. The number of aromatic nitrogens is 2. The highest BCUT2D eigenvalue weighted by Gasteiger charge is 1.98. The monoisotopic (exact) mass is 243 g/mol. The van der Waals surface area contributed by atoms with E-state index in [2.05, 4.69) is 47.3 Å². The molecular weight excluding hydrogens is 222 g/mol. The van der Waals surface area contributed by atoms with Gasteiger partial charge in [0.05, 0.1) is 0 Å². The molecule has 96 valence electrons. The van der Waals surface area contributed by atoms with E-state index < -0.39 is 0 Å². The summed E-state index contributed by atoms with van der Waals surface area (Å²) < 4.78 is 0. The minimum Gasteiger partial charge on any atom is -0.349 e. The van der Waals surface area contributed by atoms with Gasteiger partial charge in [-0.15, -0.1) is 0 Å². The minimum absolute atomic E-state index is 0.949. The van der Waals surface area contributed by atoms with Gasteiger partial charge in [-0.1, -0.05) is 23.8 Å². The maximum Gasteiger partial charge on any atom is 0.106 e. The van der Waals surface area contributed by atoms with E-state index in [9.17, 15) is 0 Å². The number of hydrogen-bond acceptors (Lipinski definition) is 2. The summed E-state index contributed by atoms with van der Waals surface area (Å²) in [6, 6.07) is 6.62. The molecule has 3 nitrogen and oxygen atoms in total. The van der Waals surface area contributed by atoms with Gasteiger partial charge in [0.15, 0.2) is 0 Å². The Labute approximate surface area is 109 Å². The number of H-pyrrole nitrogens is 1. The fraction of sp³-hybridized carbons (Fsp3) is 0.400. The predicted molar refractivity (Wildman–Crippen MR) is 74.5 cm³/mol. The predicted octanol–water partition coefficient (Wildman–Crippen LogP) is 2.75. The molecule has 0 bridgehead atoms. The number of aryl methyl sites for hydroxylation is 3. The number of imidazole rings is 1. The Kier molecular flexibility index (Phi) is 4.53. The maximum atomic E-state index is 4.21. The molecule has 1 aromatic heterocycles. The van der Waals surface area contributed by atoms with E-state index in [0.717, 1.165) is 31.8 Å². The van der Waals surface area contributed by atoms with Crippen LogP contribution >= 0.6 is 0 Å². The molecule has 0 saturated carbocycles. The first-order valence-corrected chi connectivity index (χ1v) is 6.51. The molecule has 0 spiro atoms. The first-order valence-electron chi connectivity index (χ1n) is 6.51. The number of nitrogens with one attached hydrogen (secondary N) is 2. The van der Waals surface area contributed by atoms with E-state index in [0.29, 0.717) is 0 Å². The third-order valence-electron chi connectivity index (χ3n) is 3.14. The fourth-order valence-electron chi connectivity index (χ4n) is 2.08. The Bertz CT molecular complexity index is 474. The van der Waals surface area contributed by atoms with Gasteiger partial charge in [0.1, 0.15) is 5.82 Å². The lowest BCUT2D eigenvalue weighted by molar-refractivity contribution is 0.639. The SMILES string of the molecule is Cc1ccc(CNCCCc2ncc[nH]2)c(C)c1. The zero-order valence-electron chi connectivity index (χ0n) is 11.2. The Morgan fingerprint density at radius 2 is 2.17 bits per heavy atom. The summed E-state index contributed by atoms with van der Waals surface area (Å²) in [6.45, 7) is 6.28. The van der Waals surface area contributed by atoms with Gasteiger partial charge < -0.3 is 10.3 Å². The van der Waals surface area contributed by atoms with Crippen molar-refractivity contribution in [1.29, 1.82) is 0 Å². The van der Waals surface area contributed by atoms with Crippen LogP contribution in [0.2, 0.25) is 0 Å². The summed E-state index contributed by atoms with van der Waals surface area (Å²) >= 11 is 0. The van der Waals surface area contributed by atoms with Crippen LogP contribution in [0.5, 0.6) is 0 Å². The van der Waals surface area contributed by atoms with Gasteiger partial charge in [-0.3, -0.25) is 0 Å². The second kappa shape index (κ2) is 6.36. The minimum atomic E-state index is 0.949. The van der Waals surface area contributed by atoms with Crippen LogP contribution in [0.25, 0.3) is 0 Å². The molecule has 2 rings (SSSR count). The maximum absolute atomic E-state index is 4.21. The van der Waals surface area contributed by atoms with Crippen molar-refractivity contribution in [2.75, 3.05) is 6.54 Å². The third-order valence-corrected chi connectivity index (χ3v) is 3.14. The number of benzene rings is 1. The van der Waals surface area contributed by atoms with Crippen molar-refractivity contribution in [3.63, 3.8) is 0 Å². The van der Waals surface area contributed by atoms with Crippen molar-refractivity contribution in [3.05, 3.63) is 53.1 Å². The second-order valence-electron chi connectivity index (χ2n) is 4.75. The standard InChI is InChI=1S/C15H21N3/c1-12-5-6-14(13(2)10-12)11-16-7-3-4-15-17-8-9-18-15/h5-6,8-10,16H,3-4,7,11H2,1-2H3,(H,17,18). The van der Waals surface area contributed by atoms with Crippen molar-refractivity contribution < 1.29 is 0 Å². The molecule has 3 heteroatoms. The molecule has 18 heavy (non-hydrogen) atoms. The van der Waals surface area contributed by atoms with Crippen molar-refractivity contribution in [2.24, 2.45) is 0 Å². The molecule has 0 saturated heterocycles. The molecule has 2 N–H and O–H groups in total. The van der Waals surface area contributed by atoms with Crippen LogP contribution in [0.3, 0.4) is 0 Å². The molecule has 0 fully saturated rings. The van der Waals surface area contributed by atoms with E-state index >= 15 is 0 Å². The molecule has 1 heterocycles. The number of nitrogens with zero attached hydrogens (tertiary/aromatic N) is 1. The highest BCUT2D eigenvalue weighted by Crippen LogP contribution is 2.09. The quantitative estimate of drug-likeness (QED) is 0.766. The normalized spacial score (nSPS) is 10.8. The zero-order valence-corrected chi connectivity index (χ0v) is 11.2. The Hall–Kier alpha value is -1.61. The Morgan fingerprint density at radius 1 is 1.28 bits per heavy atom. The van der Waals surface area contributed by atoms with Crippen LogP contribution in [0, 0.1) is 13.8 Å². The average Bonchev–Trinajstić information content (AvgIpc) is 2.84. The molecule has 0 unspecified atom stereocenters. The number of hydrogen-bond donors (Lipinski definition) is 2. The highest BCUT2D eigenvalue weighted by atomic mass is 14.9. The number of aromatic amines is 1. The summed E-state index contributed by atoms with van der Waals surface area (Å²) in [5.74, 6) is 1.07. The summed E-state index contributed by atoms with van der Waals surface area (Å²) in [4.78, 5) is 7.33. The molecule has 2 aromatic rings. The van der Waals surface area contributed by atoms with Gasteiger partial charge in [-0.2, -0.15) is 0 Å². The molecule has 0 aliphatic carbocycles. The van der Waals surface area contributed by atoms with Crippen molar-refractivity contribution >= 4 is 0 Å². The van der Waals surface area contributed by atoms with E-state index in [4.69, 9.17) is 0 Å². The lowest BCUT2D eigenvalue weighted by Crippen LogP contribution is -2.16. The summed E-state index contributed by atoms with van der Waals surface area (Å²) in [5.41, 5.74) is 4.08. The van der Waals surface area contributed by atoms with E-state index in [1.54, 1.807) is 6.20 Å². The first kappa shape index (κ1) is 12.8. The first-order chi connectivity index (χ1) is 8.75. The molecule has 0 amide bonds. The van der Waals surface area contributed by atoms with Gasteiger partial charge >= 0.3 is 0 Å². The smallest absolute Gasteiger partial charge is 0.106 e. The van der Waals surface area contributed by atoms with E-state index in [1.165, 1.54) is 16.7 Å². The van der Waals surface area contributed by atoms with Gasteiger partial charge in [0.25, 0.3) is 0 Å². The van der Waals surface area contributed by atoms with Crippen LogP contribution in [-0.4, -0.2) is 16.5 Å². The van der Waals surface area contributed by atoms with Crippen LogP contribution in [-0.2, 0) is 13.0 Å². The Balaban J connectivity index is 1.69. The summed E-state index contributed by atoms with van der Waals surface area (Å²) in [6.07, 6.45) is 5.79. The molecule has 0 aliphatic heterocycles. The van der Waals surface area contributed by atoms with Gasteiger partial charge in [0, 0.05) is 25.4 Å². The zero-order chi connectivity index (χ0) is 12.8.